The normalized spacial score (nSPS) is 17.3. The van der Waals surface area contributed by atoms with Gasteiger partial charge in [0.15, 0.2) is 5.96 Å². The molecule has 0 amide bonds. The van der Waals surface area contributed by atoms with Crippen LogP contribution in [0.5, 0.6) is 0 Å². The lowest BCUT2D eigenvalue weighted by Crippen LogP contribution is -2.42. The van der Waals surface area contributed by atoms with Crippen LogP contribution in [0.1, 0.15) is 57.1 Å². The molecule has 0 spiro atoms. The van der Waals surface area contributed by atoms with Crippen molar-refractivity contribution >= 4 is 5.96 Å². The van der Waals surface area contributed by atoms with Crippen LogP contribution in [0.25, 0.3) is 0 Å². The largest absolute Gasteiger partial charge is 0.392 e. The Morgan fingerprint density at radius 2 is 1.83 bits per heavy atom. The fourth-order valence-electron chi connectivity index (χ4n) is 3.42. The van der Waals surface area contributed by atoms with E-state index in [1.807, 2.05) is 24.3 Å². The third kappa shape index (κ3) is 4.96. The number of benzene rings is 1. The van der Waals surface area contributed by atoms with Gasteiger partial charge in [-0.3, -0.25) is 0 Å². The molecular formula is C19H31N3O. The minimum atomic E-state index is 0.0641. The molecule has 2 rings (SSSR count). The van der Waals surface area contributed by atoms with Gasteiger partial charge in [-0.05, 0) is 42.7 Å². The number of nitrogens with zero attached hydrogens (tertiary/aromatic N) is 1. The van der Waals surface area contributed by atoms with Crippen molar-refractivity contribution in [2.45, 2.75) is 59.1 Å². The fourth-order valence-corrected chi connectivity index (χ4v) is 3.42. The van der Waals surface area contributed by atoms with E-state index in [2.05, 4.69) is 24.5 Å². The number of hydrogen-bond acceptors (Lipinski definition) is 2. The summed E-state index contributed by atoms with van der Waals surface area (Å²) >= 11 is 0. The summed E-state index contributed by atoms with van der Waals surface area (Å²) in [5.74, 6) is 0.875. The third-order valence-corrected chi connectivity index (χ3v) is 5.09. The Hall–Kier alpha value is -1.55. The molecule has 0 aliphatic heterocycles. The minimum Gasteiger partial charge on any atom is -0.392 e. The summed E-state index contributed by atoms with van der Waals surface area (Å²) in [7, 11) is 0. The van der Waals surface area contributed by atoms with E-state index in [1.54, 1.807) is 0 Å². The second-order valence-electron chi connectivity index (χ2n) is 6.54. The molecule has 4 heteroatoms. The van der Waals surface area contributed by atoms with Gasteiger partial charge in [-0.15, -0.1) is 0 Å². The van der Waals surface area contributed by atoms with Crippen LogP contribution >= 0.6 is 0 Å². The molecule has 1 aliphatic rings. The second-order valence-corrected chi connectivity index (χ2v) is 6.54. The predicted octanol–water partition coefficient (Wildman–Crippen LogP) is 3.20. The molecule has 0 radical (unpaired) electrons. The van der Waals surface area contributed by atoms with Crippen LogP contribution in [-0.4, -0.2) is 24.2 Å². The van der Waals surface area contributed by atoms with Crippen molar-refractivity contribution in [2.24, 2.45) is 10.4 Å². The van der Waals surface area contributed by atoms with Gasteiger partial charge in [0, 0.05) is 13.1 Å². The molecule has 0 saturated heterocycles. The molecule has 1 saturated carbocycles. The number of hydrogen-bond donors (Lipinski definition) is 3. The summed E-state index contributed by atoms with van der Waals surface area (Å²) in [5.41, 5.74) is 2.48. The predicted molar refractivity (Wildman–Crippen MR) is 96.4 cm³/mol. The van der Waals surface area contributed by atoms with Crippen LogP contribution in [0, 0.1) is 5.41 Å². The lowest BCUT2D eigenvalue weighted by Gasteiger charge is -2.28. The molecule has 1 aromatic rings. The Morgan fingerprint density at radius 1 is 1.13 bits per heavy atom. The summed E-state index contributed by atoms with van der Waals surface area (Å²) in [6.07, 6.45) is 6.58. The zero-order chi connectivity index (χ0) is 16.5. The maximum absolute atomic E-state index is 9.42. The highest BCUT2D eigenvalue weighted by Gasteiger charge is 2.31. The van der Waals surface area contributed by atoms with Gasteiger partial charge in [-0.25, -0.2) is 4.99 Å². The third-order valence-electron chi connectivity index (χ3n) is 5.09. The van der Waals surface area contributed by atoms with Gasteiger partial charge in [0.2, 0.25) is 0 Å². The fraction of sp³-hybridized carbons (Fsp3) is 0.632. The number of nitrogens with one attached hydrogen (secondary N) is 2. The molecule has 1 fully saturated rings. The minimum absolute atomic E-state index is 0.0641. The first-order valence-corrected chi connectivity index (χ1v) is 8.93. The van der Waals surface area contributed by atoms with E-state index in [-0.39, 0.29) is 6.61 Å². The van der Waals surface area contributed by atoms with E-state index in [0.29, 0.717) is 12.0 Å². The summed E-state index contributed by atoms with van der Waals surface area (Å²) in [4.78, 5) is 4.70. The molecule has 4 nitrogen and oxygen atoms in total. The molecule has 1 aromatic carbocycles. The van der Waals surface area contributed by atoms with Gasteiger partial charge in [0.05, 0.1) is 13.2 Å². The van der Waals surface area contributed by atoms with Crippen molar-refractivity contribution in [1.29, 1.82) is 0 Å². The molecular weight excluding hydrogens is 286 g/mol. The molecule has 0 bridgehead atoms. The number of aliphatic hydroxyl groups excluding tert-OH is 1. The Bertz CT molecular complexity index is 507. The monoisotopic (exact) mass is 317 g/mol. The van der Waals surface area contributed by atoms with Gasteiger partial charge in [-0.1, -0.05) is 44.0 Å². The number of rotatable bonds is 7. The lowest BCUT2D eigenvalue weighted by molar-refractivity contribution is 0.280. The lowest BCUT2D eigenvalue weighted by atomic mass is 9.83. The molecule has 0 aromatic heterocycles. The molecule has 0 heterocycles. The standard InChI is InChI=1S/C19H31N3O/c1-3-19(11-7-8-12-19)15-22-18(20-4-2)21-13-16-9-5-6-10-17(16)14-23/h5-6,9-10,23H,3-4,7-8,11-15H2,1-2H3,(H2,20,21,22). The van der Waals surface area contributed by atoms with Gasteiger partial charge < -0.3 is 15.7 Å². The van der Waals surface area contributed by atoms with Gasteiger partial charge in [0.25, 0.3) is 0 Å². The van der Waals surface area contributed by atoms with E-state index in [4.69, 9.17) is 4.99 Å². The summed E-state index contributed by atoms with van der Waals surface area (Å²) in [6.45, 7) is 6.89. The number of aliphatic hydroxyl groups is 1. The quantitative estimate of drug-likeness (QED) is 0.535. The summed E-state index contributed by atoms with van der Waals surface area (Å²) in [6, 6.07) is 7.93. The van der Waals surface area contributed by atoms with Gasteiger partial charge in [-0.2, -0.15) is 0 Å². The second kappa shape index (κ2) is 8.92. The Labute approximate surface area is 140 Å². The molecule has 0 atom stereocenters. The van der Waals surface area contributed by atoms with E-state index in [1.165, 1.54) is 32.1 Å². The van der Waals surface area contributed by atoms with Crippen molar-refractivity contribution < 1.29 is 5.11 Å². The van der Waals surface area contributed by atoms with Crippen molar-refractivity contribution in [3.05, 3.63) is 35.4 Å². The van der Waals surface area contributed by atoms with Crippen molar-refractivity contribution in [1.82, 2.24) is 10.6 Å². The Balaban J connectivity index is 1.99. The first-order valence-electron chi connectivity index (χ1n) is 8.93. The smallest absolute Gasteiger partial charge is 0.191 e. The van der Waals surface area contributed by atoms with Crippen molar-refractivity contribution in [2.75, 3.05) is 13.1 Å². The first-order chi connectivity index (χ1) is 11.2. The number of guanidine groups is 1. The van der Waals surface area contributed by atoms with Gasteiger partial charge >= 0.3 is 0 Å². The highest BCUT2D eigenvalue weighted by molar-refractivity contribution is 5.79. The molecule has 128 valence electrons. The van der Waals surface area contributed by atoms with Crippen molar-refractivity contribution in [3.63, 3.8) is 0 Å². The average Bonchev–Trinajstić information content (AvgIpc) is 3.07. The van der Waals surface area contributed by atoms with Crippen LogP contribution in [0.3, 0.4) is 0 Å². The zero-order valence-corrected chi connectivity index (χ0v) is 14.6. The molecule has 0 unspecified atom stereocenters. The number of aliphatic imine (C=N–C) groups is 1. The van der Waals surface area contributed by atoms with Crippen molar-refractivity contribution in [3.8, 4) is 0 Å². The first kappa shape index (κ1) is 17.8. The maximum Gasteiger partial charge on any atom is 0.191 e. The highest BCUT2D eigenvalue weighted by Crippen LogP contribution is 2.40. The van der Waals surface area contributed by atoms with E-state index in [0.717, 1.165) is 30.2 Å². The van der Waals surface area contributed by atoms with Crippen LogP contribution in [-0.2, 0) is 13.2 Å². The van der Waals surface area contributed by atoms with Gasteiger partial charge in [0.1, 0.15) is 0 Å². The highest BCUT2D eigenvalue weighted by atomic mass is 16.3. The van der Waals surface area contributed by atoms with E-state index in [9.17, 15) is 5.11 Å². The Kier molecular flexibility index (Phi) is 6.90. The summed E-state index contributed by atoms with van der Waals surface area (Å²) < 4.78 is 0. The molecule has 1 aliphatic carbocycles. The SMILES string of the molecule is CCNC(=NCc1ccccc1CO)NCC1(CC)CCCC1. The maximum atomic E-state index is 9.42. The van der Waals surface area contributed by atoms with Crippen LogP contribution < -0.4 is 10.6 Å². The molecule has 23 heavy (non-hydrogen) atoms. The zero-order valence-electron chi connectivity index (χ0n) is 14.6. The van der Waals surface area contributed by atoms with Crippen LogP contribution in [0.2, 0.25) is 0 Å². The van der Waals surface area contributed by atoms with Crippen LogP contribution in [0.15, 0.2) is 29.3 Å². The Morgan fingerprint density at radius 3 is 2.43 bits per heavy atom. The van der Waals surface area contributed by atoms with E-state index >= 15 is 0 Å². The molecule has 3 N–H and O–H groups in total. The van der Waals surface area contributed by atoms with E-state index < -0.39 is 0 Å². The van der Waals surface area contributed by atoms with Crippen LogP contribution in [0.4, 0.5) is 0 Å². The summed E-state index contributed by atoms with van der Waals surface area (Å²) in [5, 5.41) is 16.3. The average molecular weight is 317 g/mol. The topological polar surface area (TPSA) is 56.7 Å².